The van der Waals surface area contributed by atoms with Crippen molar-refractivity contribution in [1.29, 1.82) is 0 Å². The largest absolute Gasteiger partial charge is 0.481 e. The van der Waals surface area contributed by atoms with Gasteiger partial charge in [-0.2, -0.15) is 5.10 Å². The number of carbonyl (C=O) groups is 1. The lowest BCUT2D eigenvalue weighted by atomic mass is 9.83. The van der Waals surface area contributed by atoms with Gasteiger partial charge in [0.25, 0.3) is 0 Å². The lowest BCUT2D eigenvalue weighted by Gasteiger charge is -2.19. The number of nitrogens with zero attached hydrogens (tertiary/aromatic N) is 1. The van der Waals surface area contributed by atoms with E-state index in [1.54, 1.807) is 13.8 Å². The number of aromatic nitrogens is 2. The van der Waals surface area contributed by atoms with E-state index in [1.807, 2.05) is 25.1 Å². The van der Waals surface area contributed by atoms with Crippen LogP contribution >= 0.6 is 0 Å². The summed E-state index contributed by atoms with van der Waals surface area (Å²) in [6, 6.07) is 5.62. The van der Waals surface area contributed by atoms with Gasteiger partial charge in [0, 0.05) is 11.1 Å². The summed E-state index contributed by atoms with van der Waals surface area (Å²) in [6.45, 7) is 5.30. The molecule has 0 spiro atoms. The number of aromatic amines is 1. The van der Waals surface area contributed by atoms with Crippen LogP contribution in [0.3, 0.4) is 0 Å². The zero-order chi connectivity index (χ0) is 11.9. The summed E-state index contributed by atoms with van der Waals surface area (Å²) in [4.78, 5) is 11.2. The van der Waals surface area contributed by atoms with Crippen molar-refractivity contribution < 1.29 is 9.90 Å². The minimum Gasteiger partial charge on any atom is -0.481 e. The molecule has 0 radical (unpaired) electrons. The molecule has 0 aliphatic heterocycles. The van der Waals surface area contributed by atoms with Gasteiger partial charge in [-0.05, 0) is 26.3 Å². The Bertz CT molecular complexity index is 555. The molecular weight excluding hydrogens is 204 g/mol. The summed E-state index contributed by atoms with van der Waals surface area (Å²) in [5.41, 5.74) is 1.51. The smallest absolute Gasteiger partial charge is 0.313 e. The first-order valence-electron chi connectivity index (χ1n) is 5.12. The van der Waals surface area contributed by atoms with Crippen LogP contribution in [0.25, 0.3) is 10.9 Å². The highest BCUT2D eigenvalue weighted by Crippen LogP contribution is 2.30. The van der Waals surface area contributed by atoms with Crippen LogP contribution in [-0.4, -0.2) is 21.3 Å². The Morgan fingerprint density at radius 1 is 1.44 bits per heavy atom. The van der Waals surface area contributed by atoms with Crippen LogP contribution in [0, 0.1) is 6.92 Å². The first kappa shape index (κ1) is 10.7. The Hall–Kier alpha value is -1.84. The molecule has 2 rings (SSSR count). The molecule has 0 aliphatic rings. The number of fused-ring (bicyclic) bond motifs is 1. The number of H-pyrrole nitrogens is 1. The van der Waals surface area contributed by atoms with Crippen molar-refractivity contribution in [2.45, 2.75) is 26.2 Å². The number of carboxylic acids is 1. The maximum Gasteiger partial charge on any atom is 0.313 e. The van der Waals surface area contributed by atoms with Crippen LogP contribution in [0.2, 0.25) is 0 Å². The fourth-order valence-corrected chi connectivity index (χ4v) is 1.79. The maximum absolute atomic E-state index is 11.2. The molecule has 0 unspecified atom stereocenters. The van der Waals surface area contributed by atoms with E-state index in [4.69, 9.17) is 0 Å². The number of aryl methyl sites for hydroxylation is 1. The molecule has 4 nitrogen and oxygen atoms in total. The number of rotatable bonds is 2. The Labute approximate surface area is 93.3 Å². The minimum atomic E-state index is -0.929. The van der Waals surface area contributed by atoms with Crippen molar-refractivity contribution in [3.05, 3.63) is 29.5 Å². The number of hydrogen-bond donors (Lipinski definition) is 2. The van der Waals surface area contributed by atoms with E-state index >= 15 is 0 Å². The summed E-state index contributed by atoms with van der Waals surface area (Å²) in [5, 5.41) is 17.3. The third kappa shape index (κ3) is 1.38. The number of aliphatic carboxylic acids is 1. The molecule has 0 saturated heterocycles. The van der Waals surface area contributed by atoms with Crippen LogP contribution in [0.15, 0.2) is 18.2 Å². The first-order valence-corrected chi connectivity index (χ1v) is 5.12. The normalized spacial score (nSPS) is 11.9. The molecule has 2 N–H and O–H groups in total. The van der Waals surface area contributed by atoms with Gasteiger partial charge < -0.3 is 5.11 Å². The van der Waals surface area contributed by atoms with E-state index in [0.29, 0.717) is 0 Å². The molecule has 0 bridgehead atoms. The van der Waals surface area contributed by atoms with Gasteiger partial charge in [-0.3, -0.25) is 9.89 Å². The number of benzene rings is 1. The third-order valence-electron chi connectivity index (χ3n) is 2.98. The Kier molecular flexibility index (Phi) is 2.22. The zero-order valence-electron chi connectivity index (χ0n) is 9.53. The van der Waals surface area contributed by atoms with E-state index in [1.165, 1.54) is 0 Å². The van der Waals surface area contributed by atoms with E-state index in [9.17, 15) is 9.90 Å². The van der Waals surface area contributed by atoms with Crippen molar-refractivity contribution in [1.82, 2.24) is 10.2 Å². The van der Waals surface area contributed by atoms with E-state index in [0.717, 1.165) is 22.2 Å². The summed E-state index contributed by atoms with van der Waals surface area (Å²) < 4.78 is 0. The van der Waals surface area contributed by atoms with E-state index in [-0.39, 0.29) is 0 Å². The number of hydrogen-bond acceptors (Lipinski definition) is 2. The fourth-order valence-electron chi connectivity index (χ4n) is 1.79. The summed E-state index contributed by atoms with van der Waals surface area (Å²) in [7, 11) is 0. The van der Waals surface area contributed by atoms with Crippen molar-refractivity contribution in [3.63, 3.8) is 0 Å². The van der Waals surface area contributed by atoms with Gasteiger partial charge in [0.05, 0.1) is 10.9 Å². The molecule has 0 aliphatic carbocycles. The molecule has 0 fully saturated rings. The van der Waals surface area contributed by atoms with Crippen molar-refractivity contribution in [2.75, 3.05) is 0 Å². The summed E-state index contributed by atoms with van der Waals surface area (Å²) in [5.74, 6) is -0.847. The summed E-state index contributed by atoms with van der Waals surface area (Å²) >= 11 is 0. The second kappa shape index (κ2) is 3.33. The van der Waals surface area contributed by atoms with Crippen LogP contribution in [0.5, 0.6) is 0 Å². The quantitative estimate of drug-likeness (QED) is 0.812. The van der Waals surface area contributed by atoms with Crippen LogP contribution in [0.4, 0.5) is 0 Å². The molecule has 2 aromatic rings. The Balaban J connectivity index is 2.75. The SMILES string of the molecule is Cc1[nH]nc2c(C(C)(C)C(=O)O)cccc12. The second-order valence-electron chi connectivity index (χ2n) is 4.48. The highest BCUT2D eigenvalue weighted by molar-refractivity contribution is 5.91. The predicted molar refractivity (Wildman–Crippen MR) is 61.5 cm³/mol. The average molecular weight is 218 g/mol. The zero-order valence-corrected chi connectivity index (χ0v) is 9.53. The van der Waals surface area contributed by atoms with Crippen molar-refractivity contribution in [2.24, 2.45) is 0 Å². The topological polar surface area (TPSA) is 66.0 Å². The van der Waals surface area contributed by atoms with Crippen LogP contribution in [-0.2, 0) is 10.2 Å². The molecular formula is C12H14N2O2. The monoisotopic (exact) mass is 218 g/mol. The van der Waals surface area contributed by atoms with Crippen molar-refractivity contribution in [3.8, 4) is 0 Å². The molecule has 1 aromatic heterocycles. The number of nitrogens with one attached hydrogen (secondary N) is 1. The third-order valence-corrected chi connectivity index (χ3v) is 2.98. The molecule has 0 atom stereocenters. The molecule has 1 aromatic carbocycles. The van der Waals surface area contributed by atoms with Gasteiger partial charge in [0.15, 0.2) is 0 Å². The minimum absolute atomic E-state index is 0.738. The second-order valence-corrected chi connectivity index (χ2v) is 4.48. The number of carboxylic acid groups (broad SMARTS) is 1. The van der Waals surface area contributed by atoms with Crippen LogP contribution < -0.4 is 0 Å². The van der Waals surface area contributed by atoms with Gasteiger partial charge in [0.1, 0.15) is 0 Å². The lowest BCUT2D eigenvalue weighted by molar-refractivity contribution is -0.142. The van der Waals surface area contributed by atoms with Gasteiger partial charge >= 0.3 is 5.97 Å². The highest BCUT2D eigenvalue weighted by Gasteiger charge is 2.31. The first-order chi connectivity index (χ1) is 7.44. The highest BCUT2D eigenvalue weighted by atomic mass is 16.4. The van der Waals surface area contributed by atoms with E-state index < -0.39 is 11.4 Å². The summed E-state index contributed by atoms with van der Waals surface area (Å²) in [6.07, 6.45) is 0. The predicted octanol–water partition coefficient (Wildman–Crippen LogP) is 2.23. The molecule has 4 heteroatoms. The Morgan fingerprint density at radius 3 is 2.75 bits per heavy atom. The van der Waals surface area contributed by atoms with Gasteiger partial charge in [0.2, 0.25) is 0 Å². The van der Waals surface area contributed by atoms with Gasteiger partial charge in [-0.15, -0.1) is 0 Å². The standard InChI is InChI=1S/C12H14N2O2/c1-7-8-5-4-6-9(10(8)14-13-7)12(2,3)11(15)16/h4-6H,1-3H3,(H,13,14)(H,15,16). The average Bonchev–Trinajstić information content (AvgIpc) is 2.60. The van der Waals surface area contributed by atoms with E-state index in [2.05, 4.69) is 10.2 Å². The molecule has 0 saturated carbocycles. The fraction of sp³-hybridized carbons (Fsp3) is 0.333. The van der Waals surface area contributed by atoms with Gasteiger partial charge in [-0.1, -0.05) is 18.2 Å². The number of para-hydroxylation sites is 1. The van der Waals surface area contributed by atoms with Gasteiger partial charge in [-0.25, -0.2) is 0 Å². The Morgan fingerprint density at radius 2 is 2.12 bits per heavy atom. The van der Waals surface area contributed by atoms with Crippen LogP contribution in [0.1, 0.15) is 25.1 Å². The lowest BCUT2D eigenvalue weighted by Crippen LogP contribution is -2.28. The molecule has 84 valence electrons. The van der Waals surface area contributed by atoms with Crippen molar-refractivity contribution >= 4 is 16.9 Å². The molecule has 16 heavy (non-hydrogen) atoms. The maximum atomic E-state index is 11.2. The molecule has 1 heterocycles. The molecule has 0 amide bonds.